The minimum absolute atomic E-state index is 0.162. The van der Waals surface area contributed by atoms with E-state index in [-0.39, 0.29) is 11.7 Å². The SMILES string of the molecule is C#Cc1cccc(NC(=O)c2cc3cc(O)ccc3[nH]2)c1. The maximum Gasteiger partial charge on any atom is 0.272 e. The Morgan fingerprint density at radius 3 is 2.86 bits per heavy atom. The maximum absolute atomic E-state index is 12.2. The van der Waals surface area contributed by atoms with Crippen LogP contribution in [-0.4, -0.2) is 16.0 Å². The van der Waals surface area contributed by atoms with Crippen molar-refractivity contribution in [2.24, 2.45) is 0 Å². The van der Waals surface area contributed by atoms with Crippen molar-refractivity contribution in [2.45, 2.75) is 0 Å². The Hall–Kier alpha value is -3.19. The van der Waals surface area contributed by atoms with Crippen LogP contribution in [0.1, 0.15) is 16.1 Å². The van der Waals surface area contributed by atoms with Crippen molar-refractivity contribution in [2.75, 3.05) is 5.32 Å². The molecule has 0 radical (unpaired) electrons. The monoisotopic (exact) mass is 276 g/mol. The molecule has 3 aromatic rings. The van der Waals surface area contributed by atoms with Crippen molar-refractivity contribution in [3.05, 3.63) is 59.8 Å². The number of carbonyl (C=O) groups is 1. The lowest BCUT2D eigenvalue weighted by atomic mass is 10.2. The molecule has 1 amide bonds. The number of anilines is 1. The number of H-pyrrole nitrogens is 1. The van der Waals surface area contributed by atoms with E-state index in [4.69, 9.17) is 6.42 Å². The van der Waals surface area contributed by atoms with Crippen molar-refractivity contribution in [3.8, 4) is 18.1 Å². The zero-order valence-electron chi connectivity index (χ0n) is 11.1. The first-order chi connectivity index (χ1) is 10.2. The average molecular weight is 276 g/mol. The fourth-order valence-corrected chi connectivity index (χ4v) is 2.13. The fourth-order valence-electron chi connectivity index (χ4n) is 2.13. The molecule has 0 saturated heterocycles. The highest BCUT2D eigenvalue weighted by Crippen LogP contribution is 2.21. The van der Waals surface area contributed by atoms with Gasteiger partial charge in [0.05, 0.1) is 0 Å². The van der Waals surface area contributed by atoms with E-state index in [2.05, 4.69) is 16.2 Å². The number of hydrogen-bond donors (Lipinski definition) is 3. The number of terminal acetylenes is 1. The van der Waals surface area contributed by atoms with Crippen LogP contribution < -0.4 is 5.32 Å². The fraction of sp³-hybridized carbons (Fsp3) is 0. The molecule has 0 fully saturated rings. The second kappa shape index (κ2) is 5.06. The molecule has 0 atom stereocenters. The summed E-state index contributed by atoms with van der Waals surface area (Å²) in [4.78, 5) is 15.2. The molecule has 4 nitrogen and oxygen atoms in total. The summed E-state index contributed by atoms with van der Waals surface area (Å²) in [5, 5.41) is 13.0. The summed E-state index contributed by atoms with van der Waals surface area (Å²) >= 11 is 0. The van der Waals surface area contributed by atoms with Crippen molar-refractivity contribution >= 4 is 22.5 Å². The molecule has 0 unspecified atom stereocenters. The summed E-state index contributed by atoms with van der Waals surface area (Å²) in [6.45, 7) is 0. The summed E-state index contributed by atoms with van der Waals surface area (Å²) in [7, 11) is 0. The molecular formula is C17H12N2O2. The van der Waals surface area contributed by atoms with Crippen LogP contribution in [0, 0.1) is 12.3 Å². The van der Waals surface area contributed by atoms with Crippen LogP contribution in [-0.2, 0) is 0 Å². The average Bonchev–Trinajstić information content (AvgIpc) is 2.90. The molecule has 0 bridgehead atoms. The van der Waals surface area contributed by atoms with Gasteiger partial charge in [-0.3, -0.25) is 4.79 Å². The molecule has 0 saturated carbocycles. The second-order valence-corrected chi connectivity index (χ2v) is 4.63. The second-order valence-electron chi connectivity index (χ2n) is 4.63. The van der Waals surface area contributed by atoms with Crippen LogP contribution in [0.25, 0.3) is 10.9 Å². The summed E-state index contributed by atoms with van der Waals surface area (Å²) in [5.41, 5.74) is 2.54. The Bertz CT molecular complexity index is 872. The Kier molecular flexibility index (Phi) is 3.09. The van der Waals surface area contributed by atoms with Crippen molar-refractivity contribution in [3.63, 3.8) is 0 Å². The highest BCUT2D eigenvalue weighted by molar-refractivity contribution is 6.06. The number of phenols is 1. The normalized spacial score (nSPS) is 10.2. The van der Waals surface area contributed by atoms with E-state index in [0.29, 0.717) is 16.9 Å². The van der Waals surface area contributed by atoms with Gasteiger partial charge in [0, 0.05) is 22.2 Å². The first kappa shape index (κ1) is 12.8. The number of fused-ring (bicyclic) bond motifs is 1. The lowest BCUT2D eigenvalue weighted by molar-refractivity contribution is 0.102. The van der Waals surface area contributed by atoms with E-state index in [0.717, 1.165) is 10.9 Å². The van der Waals surface area contributed by atoms with Crippen LogP contribution in [0.3, 0.4) is 0 Å². The number of phenolic OH excluding ortho intramolecular Hbond substituents is 1. The van der Waals surface area contributed by atoms with Crippen molar-refractivity contribution in [1.29, 1.82) is 0 Å². The number of aromatic hydroxyl groups is 1. The third-order valence-electron chi connectivity index (χ3n) is 3.14. The number of aromatic nitrogens is 1. The molecule has 1 heterocycles. The van der Waals surface area contributed by atoms with Crippen LogP contribution >= 0.6 is 0 Å². The number of rotatable bonds is 2. The van der Waals surface area contributed by atoms with Crippen LogP contribution in [0.5, 0.6) is 5.75 Å². The highest BCUT2D eigenvalue weighted by atomic mass is 16.3. The number of nitrogens with one attached hydrogen (secondary N) is 2. The Labute approximate surface area is 121 Å². The minimum Gasteiger partial charge on any atom is -0.508 e. The minimum atomic E-state index is -0.264. The Morgan fingerprint density at radius 1 is 1.19 bits per heavy atom. The molecule has 0 spiro atoms. The lowest BCUT2D eigenvalue weighted by Gasteiger charge is -2.03. The molecule has 2 aromatic carbocycles. The predicted molar refractivity (Wildman–Crippen MR) is 82.3 cm³/mol. The summed E-state index contributed by atoms with van der Waals surface area (Å²) in [6.07, 6.45) is 5.33. The summed E-state index contributed by atoms with van der Waals surface area (Å²) in [6, 6.07) is 13.7. The highest BCUT2D eigenvalue weighted by Gasteiger charge is 2.10. The summed E-state index contributed by atoms with van der Waals surface area (Å²) < 4.78 is 0. The number of carbonyl (C=O) groups excluding carboxylic acids is 1. The van der Waals surface area contributed by atoms with Gasteiger partial charge in [-0.25, -0.2) is 0 Å². The van der Waals surface area contributed by atoms with Gasteiger partial charge in [-0.05, 0) is 42.5 Å². The van der Waals surface area contributed by atoms with E-state index >= 15 is 0 Å². The number of amides is 1. The van der Waals surface area contributed by atoms with E-state index in [1.165, 1.54) is 0 Å². The van der Waals surface area contributed by atoms with Gasteiger partial charge in [-0.2, -0.15) is 0 Å². The van der Waals surface area contributed by atoms with E-state index in [1.807, 2.05) is 0 Å². The first-order valence-corrected chi connectivity index (χ1v) is 6.35. The van der Waals surface area contributed by atoms with Crippen LogP contribution in [0.4, 0.5) is 5.69 Å². The van der Waals surface area contributed by atoms with Gasteiger partial charge in [0.15, 0.2) is 0 Å². The molecule has 0 aliphatic rings. The Morgan fingerprint density at radius 2 is 2.05 bits per heavy atom. The molecule has 1 aromatic heterocycles. The van der Waals surface area contributed by atoms with Gasteiger partial charge in [0.1, 0.15) is 11.4 Å². The van der Waals surface area contributed by atoms with Crippen molar-refractivity contribution < 1.29 is 9.90 Å². The standard InChI is InChI=1S/C17H12N2O2/c1-2-11-4-3-5-13(8-11)18-17(21)16-10-12-9-14(20)6-7-15(12)19-16/h1,3-10,19-20H,(H,18,21). The zero-order chi connectivity index (χ0) is 14.8. The molecule has 21 heavy (non-hydrogen) atoms. The molecule has 3 rings (SSSR count). The molecule has 0 aliphatic heterocycles. The molecular weight excluding hydrogens is 264 g/mol. The van der Waals surface area contributed by atoms with E-state index < -0.39 is 0 Å². The summed E-state index contributed by atoms with van der Waals surface area (Å²) in [5.74, 6) is 2.42. The zero-order valence-corrected chi connectivity index (χ0v) is 11.1. The quantitative estimate of drug-likeness (QED) is 0.630. The van der Waals surface area contributed by atoms with Crippen molar-refractivity contribution in [1.82, 2.24) is 4.98 Å². The third-order valence-corrected chi connectivity index (χ3v) is 3.14. The molecule has 4 heteroatoms. The van der Waals surface area contributed by atoms with Gasteiger partial charge < -0.3 is 15.4 Å². The first-order valence-electron chi connectivity index (χ1n) is 6.35. The van der Waals surface area contributed by atoms with E-state index in [1.54, 1.807) is 48.5 Å². The van der Waals surface area contributed by atoms with Gasteiger partial charge >= 0.3 is 0 Å². The van der Waals surface area contributed by atoms with Gasteiger partial charge in [0.25, 0.3) is 5.91 Å². The number of hydrogen-bond acceptors (Lipinski definition) is 2. The van der Waals surface area contributed by atoms with Gasteiger partial charge in [0.2, 0.25) is 0 Å². The topological polar surface area (TPSA) is 65.1 Å². The van der Waals surface area contributed by atoms with Gasteiger partial charge in [-0.15, -0.1) is 6.42 Å². The molecule has 3 N–H and O–H groups in total. The smallest absolute Gasteiger partial charge is 0.272 e. The molecule has 0 aliphatic carbocycles. The maximum atomic E-state index is 12.2. The number of benzene rings is 2. The number of aromatic amines is 1. The lowest BCUT2D eigenvalue weighted by Crippen LogP contribution is -2.12. The predicted octanol–water partition coefficient (Wildman–Crippen LogP) is 3.11. The molecule has 102 valence electrons. The van der Waals surface area contributed by atoms with Gasteiger partial charge in [-0.1, -0.05) is 12.0 Å². The van der Waals surface area contributed by atoms with Crippen LogP contribution in [0.2, 0.25) is 0 Å². The largest absolute Gasteiger partial charge is 0.508 e. The van der Waals surface area contributed by atoms with E-state index in [9.17, 15) is 9.90 Å². The Balaban J connectivity index is 1.88. The third kappa shape index (κ3) is 2.58. The van der Waals surface area contributed by atoms with Crippen LogP contribution in [0.15, 0.2) is 48.5 Å².